The average molecular weight is 375 g/mol. The number of hydrogen-bond donors (Lipinski definition) is 2. The Morgan fingerprint density at radius 3 is 2.38 bits per heavy atom. The maximum absolute atomic E-state index is 12.3. The van der Waals surface area contributed by atoms with Crippen molar-refractivity contribution in [3.8, 4) is 0 Å². The third-order valence-electron chi connectivity index (χ3n) is 4.53. The fourth-order valence-electron chi connectivity index (χ4n) is 3.18. The zero-order chi connectivity index (χ0) is 17.6. The summed E-state index contributed by atoms with van der Waals surface area (Å²) < 4.78 is 0. The third kappa shape index (κ3) is 5.07. The minimum Gasteiger partial charge on any atom is -0.480 e. The number of anilines is 1. The number of rotatable bonds is 5. The van der Waals surface area contributed by atoms with Gasteiger partial charge < -0.3 is 10.4 Å². The van der Waals surface area contributed by atoms with Gasteiger partial charge in [0.2, 0.25) is 0 Å². The number of carbonyl (C=O) groups excluding carboxylic acids is 1. The van der Waals surface area contributed by atoms with Crippen LogP contribution in [0, 0.1) is 0 Å². The van der Waals surface area contributed by atoms with Crippen molar-refractivity contribution >= 4 is 30.0 Å². The number of aliphatic carboxylic acids is 1. The van der Waals surface area contributed by atoms with Crippen LogP contribution in [0.25, 0.3) is 0 Å². The van der Waals surface area contributed by atoms with Crippen LogP contribution in [0.4, 0.5) is 5.69 Å². The molecule has 3 rings (SSSR count). The van der Waals surface area contributed by atoms with Crippen LogP contribution in [0.5, 0.6) is 0 Å². The molecule has 1 aliphatic rings. The van der Waals surface area contributed by atoms with Gasteiger partial charge in [-0.1, -0.05) is 36.8 Å². The number of para-hydroxylation sites is 1. The number of hydrogen-bond acceptors (Lipinski definition) is 3. The zero-order valence-electron chi connectivity index (χ0n) is 14.4. The van der Waals surface area contributed by atoms with Crippen LogP contribution in [0.3, 0.4) is 0 Å². The maximum Gasteiger partial charge on any atom is 0.320 e. The molecule has 0 spiro atoms. The molecule has 1 fully saturated rings. The SMILES string of the molecule is Cl.O=C(Nc1ccccc1)c1ccc(CN2CCCCC2C(=O)O)cc1. The van der Waals surface area contributed by atoms with E-state index in [1.807, 2.05) is 47.4 Å². The van der Waals surface area contributed by atoms with E-state index >= 15 is 0 Å². The Kier molecular flexibility index (Phi) is 7.18. The van der Waals surface area contributed by atoms with E-state index in [0.717, 1.165) is 30.6 Å². The van der Waals surface area contributed by atoms with Gasteiger partial charge in [0.1, 0.15) is 6.04 Å². The summed E-state index contributed by atoms with van der Waals surface area (Å²) in [5.41, 5.74) is 2.36. The number of carbonyl (C=O) groups is 2. The number of carboxylic acids is 1. The molecule has 0 aromatic heterocycles. The molecule has 1 atom stereocenters. The first-order chi connectivity index (χ1) is 12.1. The summed E-state index contributed by atoms with van der Waals surface area (Å²) in [5.74, 6) is -0.905. The summed E-state index contributed by atoms with van der Waals surface area (Å²) in [6.07, 6.45) is 2.69. The Hall–Kier alpha value is -2.37. The Morgan fingerprint density at radius 1 is 1.04 bits per heavy atom. The zero-order valence-corrected chi connectivity index (χ0v) is 15.2. The van der Waals surface area contributed by atoms with Crippen LogP contribution < -0.4 is 5.32 Å². The van der Waals surface area contributed by atoms with E-state index in [-0.39, 0.29) is 18.3 Å². The molecule has 0 radical (unpaired) electrons. The molecule has 2 aromatic rings. The van der Waals surface area contributed by atoms with E-state index in [4.69, 9.17) is 0 Å². The van der Waals surface area contributed by atoms with Gasteiger partial charge in [-0.15, -0.1) is 12.4 Å². The lowest BCUT2D eigenvalue weighted by Crippen LogP contribution is -2.43. The molecule has 0 bridgehead atoms. The van der Waals surface area contributed by atoms with Crippen molar-refractivity contribution in [1.29, 1.82) is 0 Å². The Labute approximate surface area is 159 Å². The van der Waals surface area contributed by atoms with Crippen LogP contribution in [-0.4, -0.2) is 34.5 Å². The molecular formula is C20H23ClN2O3. The van der Waals surface area contributed by atoms with Gasteiger partial charge in [0.25, 0.3) is 5.91 Å². The summed E-state index contributed by atoms with van der Waals surface area (Å²) in [7, 11) is 0. The van der Waals surface area contributed by atoms with Gasteiger partial charge in [0, 0.05) is 17.8 Å². The van der Waals surface area contributed by atoms with E-state index in [2.05, 4.69) is 5.32 Å². The van der Waals surface area contributed by atoms with Gasteiger partial charge in [-0.2, -0.15) is 0 Å². The lowest BCUT2D eigenvalue weighted by molar-refractivity contribution is -0.144. The number of halogens is 1. The summed E-state index contributed by atoms with van der Waals surface area (Å²) in [6.45, 7) is 1.39. The molecule has 1 amide bonds. The van der Waals surface area contributed by atoms with Crippen LogP contribution in [0.2, 0.25) is 0 Å². The smallest absolute Gasteiger partial charge is 0.320 e. The fourth-order valence-corrected chi connectivity index (χ4v) is 3.18. The number of amides is 1. The van der Waals surface area contributed by atoms with Crippen LogP contribution in [-0.2, 0) is 11.3 Å². The second-order valence-electron chi connectivity index (χ2n) is 6.34. The topological polar surface area (TPSA) is 69.6 Å². The van der Waals surface area contributed by atoms with Crippen molar-refractivity contribution in [3.05, 3.63) is 65.7 Å². The highest BCUT2D eigenvalue weighted by Crippen LogP contribution is 2.20. The molecule has 26 heavy (non-hydrogen) atoms. The van der Waals surface area contributed by atoms with Gasteiger partial charge in [0.15, 0.2) is 0 Å². The van der Waals surface area contributed by atoms with Gasteiger partial charge >= 0.3 is 5.97 Å². The van der Waals surface area contributed by atoms with Gasteiger partial charge in [-0.05, 0) is 49.2 Å². The van der Waals surface area contributed by atoms with Crippen LogP contribution in [0.15, 0.2) is 54.6 Å². The molecule has 1 heterocycles. The van der Waals surface area contributed by atoms with E-state index < -0.39 is 12.0 Å². The minimum absolute atomic E-state index is 0. The third-order valence-corrected chi connectivity index (χ3v) is 4.53. The highest BCUT2D eigenvalue weighted by Gasteiger charge is 2.28. The average Bonchev–Trinajstić information content (AvgIpc) is 2.63. The first-order valence-corrected chi connectivity index (χ1v) is 8.56. The Bertz CT molecular complexity index is 734. The monoisotopic (exact) mass is 374 g/mol. The van der Waals surface area contributed by atoms with E-state index in [9.17, 15) is 14.7 Å². The number of likely N-dealkylation sites (tertiary alicyclic amines) is 1. The fraction of sp³-hybridized carbons (Fsp3) is 0.300. The predicted molar refractivity (Wildman–Crippen MR) is 104 cm³/mol. The molecule has 6 heteroatoms. The van der Waals surface area contributed by atoms with E-state index in [1.54, 1.807) is 12.1 Å². The van der Waals surface area contributed by atoms with E-state index in [1.165, 1.54) is 0 Å². The standard InChI is InChI=1S/C20H22N2O3.ClH/c23-19(21-17-6-2-1-3-7-17)16-11-9-15(10-12-16)14-22-13-5-4-8-18(22)20(24)25;/h1-3,6-7,9-12,18H,4-5,8,13-14H2,(H,21,23)(H,24,25);1H. The van der Waals surface area contributed by atoms with Crippen molar-refractivity contribution in [3.63, 3.8) is 0 Å². The van der Waals surface area contributed by atoms with Gasteiger partial charge in [-0.25, -0.2) is 0 Å². The second kappa shape index (κ2) is 9.36. The van der Waals surface area contributed by atoms with Crippen molar-refractivity contribution < 1.29 is 14.7 Å². The minimum atomic E-state index is -0.751. The highest BCUT2D eigenvalue weighted by atomic mass is 35.5. The van der Waals surface area contributed by atoms with Crippen LogP contribution >= 0.6 is 12.4 Å². The molecule has 5 nitrogen and oxygen atoms in total. The normalized spacial score (nSPS) is 17.2. The molecule has 1 unspecified atom stereocenters. The summed E-state index contributed by atoms with van der Waals surface area (Å²) in [5, 5.41) is 12.2. The van der Waals surface area contributed by atoms with Gasteiger partial charge in [-0.3, -0.25) is 14.5 Å². The Morgan fingerprint density at radius 2 is 1.73 bits per heavy atom. The number of nitrogens with zero attached hydrogens (tertiary/aromatic N) is 1. The second-order valence-corrected chi connectivity index (χ2v) is 6.34. The Balaban J connectivity index is 0.00000243. The number of piperidine rings is 1. The quantitative estimate of drug-likeness (QED) is 0.835. The molecule has 2 aromatic carbocycles. The summed E-state index contributed by atoms with van der Waals surface area (Å²) in [4.78, 5) is 25.6. The number of benzene rings is 2. The molecule has 138 valence electrons. The molecule has 0 saturated carbocycles. The largest absolute Gasteiger partial charge is 0.480 e. The van der Waals surface area contributed by atoms with Crippen molar-refractivity contribution in [2.75, 3.05) is 11.9 Å². The molecule has 1 saturated heterocycles. The predicted octanol–water partition coefficient (Wildman–Crippen LogP) is 3.80. The number of carboxylic acid groups (broad SMARTS) is 1. The van der Waals surface area contributed by atoms with Crippen molar-refractivity contribution in [1.82, 2.24) is 4.90 Å². The van der Waals surface area contributed by atoms with Crippen molar-refractivity contribution in [2.24, 2.45) is 0 Å². The van der Waals surface area contributed by atoms with Crippen molar-refractivity contribution in [2.45, 2.75) is 31.8 Å². The lowest BCUT2D eigenvalue weighted by Gasteiger charge is -2.32. The van der Waals surface area contributed by atoms with Gasteiger partial charge in [0.05, 0.1) is 0 Å². The van der Waals surface area contributed by atoms with Crippen LogP contribution in [0.1, 0.15) is 35.2 Å². The molecule has 0 aliphatic carbocycles. The molecular weight excluding hydrogens is 352 g/mol. The first kappa shape index (κ1) is 19.9. The molecule has 2 N–H and O–H groups in total. The maximum atomic E-state index is 12.3. The lowest BCUT2D eigenvalue weighted by atomic mass is 10.0. The summed E-state index contributed by atoms with van der Waals surface area (Å²) in [6, 6.07) is 16.3. The number of nitrogens with one attached hydrogen (secondary N) is 1. The summed E-state index contributed by atoms with van der Waals surface area (Å²) >= 11 is 0. The first-order valence-electron chi connectivity index (χ1n) is 8.56. The molecule has 1 aliphatic heterocycles. The highest BCUT2D eigenvalue weighted by molar-refractivity contribution is 6.04. The van der Waals surface area contributed by atoms with E-state index in [0.29, 0.717) is 18.5 Å².